The lowest BCUT2D eigenvalue weighted by molar-refractivity contribution is -0.121. The van der Waals surface area contributed by atoms with Crippen molar-refractivity contribution < 1.29 is 4.79 Å². The third-order valence-corrected chi connectivity index (χ3v) is 3.17. The van der Waals surface area contributed by atoms with E-state index in [0.29, 0.717) is 6.42 Å². The molecule has 0 aromatic heterocycles. The average molecular weight is 262 g/mol. The molecule has 0 saturated heterocycles. The molecule has 0 atom stereocenters. The molecule has 1 amide bonds. The van der Waals surface area contributed by atoms with Crippen LogP contribution in [-0.4, -0.2) is 19.0 Å². The van der Waals surface area contributed by atoms with Crippen molar-refractivity contribution in [3.8, 4) is 0 Å². The normalized spacial score (nSPS) is 10.4. The van der Waals surface area contributed by atoms with E-state index < -0.39 is 0 Å². The molecule has 1 aromatic rings. The predicted molar refractivity (Wildman–Crippen MR) is 79.9 cm³/mol. The minimum absolute atomic E-state index is 0.181. The molecule has 0 unspecified atom stereocenters. The lowest BCUT2D eigenvalue weighted by Crippen LogP contribution is -2.24. The van der Waals surface area contributed by atoms with Crippen LogP contribution in [-0.2, 0) is 11.2 Å². The van der Waals surface area contributed by atoms with Gasteiger partial charge in [-0.25, -0.2) is 0 Å². The predicted octanol–water partition coefficient (Wildman–Crippen LogP) is 2.64. The highest BCUT2D eigenvalue weighted by Gasteiger charge is 2.00. The molecule has 106 valence electrons. The summed E-state index contributed by atoms with van der Waals surface area (Å²) in [6.45, 7) is 1.53. The number of carbonyl (C=O) groups is 1. The van der Waals surface area contributed by atoms with Crippen molar-refractivity contribution in [3.63, 3.8) is 0 Å². The minimum atomic E-state index is 0.181. The smallest absolute Gasteiger partial charge is 0.219 e. The number of amides is 1. The molecule has 3 N–H and O–H groups in total. The highest BCUT2D eigenvalue weighted by atomic mass is 16.1. The van der Waals surface area contributed by atoms with Gasteiger partial charge in [0.25, 0.3) is 0 Å². The zero-order chi connectivity index (χ0) is 13.8. The van der Waals surface area contributed by atoms with Gasteiger partial charge in [-0.05, 0) is 37.8 Å². The van der Waals surface area contributed by atoms with E-state index >= 15 is 0 Å². The zero-order valence-electron chi connectivity index (χ0n) is 11.7. The summed E-state index contributed by atoms with van der Waals surface area (Å²) >= 11 is 0. The van der Waals surface area contributed by atoms with Crippen molar-refractivity contribution in [2.24, 2.45) is 5.73 Å². The Morgan fingerprint density at radius 1 is 1.00 bits per heavy atom. The summed E-state index contributed by atoms with van der Waals surface area (Å²) in [4.78, 5) is 11.6. The van der Waals surface area contributed by atoms with E-state index in [1.807, 2.05) is 6.07 Å². The fraction of sp³-hybridized carbons (Fsp3) is 0.562. The quantitative estimate of drug-likeness (QED) is 0.637. The Kier molecular flexibility index (Phi) is 8.73. The Morgan fingerprint density at radius 2 is 1.74 bits per heavy atom. The lowest BCUT2D eigenvalue weighted by Gasteiger charge is -2.05. The SMILES string of the molecule is NCCCCCCC(=O)NCCCc1ccccc1. The van der Waals surface area contributed by atoms with Gasteiger partial charge in [0.15, 0.2) is 0 Å². The van der Waals surface area contributed by atoms with Crippen LogP contribution in [0.15, 0.2) is 30.3 Å². The fourth-order valence-electron chi connectivity index (χ4n) is 2.04. The van der Waals surface area contributed by atoms with Crippen LogP contribution in [0.5, 0.6) is 0 Å². The van der Waals surface area contributed by atoms with Gasteiger partial charge in [-0.3, -0.25) is 4.79 Å². The van der Waals surface area contributed by atoms with E-state index in [9.17, 15) is 4.79 Å². The molecule has 0 spiro atoms. The van der Waals surface area contributed by atoms with E-state index in [1.165, 1.54) is 5.56 Å². The average Bonchev–Trinajstić information content (AvgIpc) is 2.44. The number of unbranched alkanes of at least 4 members (excludes halogenated alkanes) is 3. The number of carbonyl (C=O) groups excluding carboxylic acids is 1. The second-order valence-corrected chi connectivity index (χ2v) is 4.89. The first-order chi connectivity index (χ1) is 9.33. The van der Waals surface area contributed by atoms with Crippen molar-refractivity contribution >= 4 is 5.91 Å². The maximum Gasteiger partial charge on any atom is 0.219 e. The molecular weight excluding hydrogens is 236 g/mol. The summed E-state index contributed by atoms with van der Waals surface area (Å²) in [5, 5.41) is 2.98. The van der Waals surface area contributed by atoms with Gasteiger partial charge >= 0.3 is 0 Å². The number of nitrogens with one attached hydrogen (secondary N) is 1. The summed E-state index contributed by atoms with van der Waals surface area (Å²) in [6.07, 6.45) is 6.96. The number of hydrogen-bond acceptors (Lipinski definition) is 2. The van der Waals surface area contributed by atoms with Gasteiger partial charge in [-0.1, -0.05) is 43.2 Å². The van der Waals surface area contributed by atoms with E-state index in [4.69, 9.17) is 5.73 Å². The second-order valence-electron chi connectivity index (χ2n) is 4.89. The Labute approximate surface area is 116 Å². The molecule has 0 aliphatic heterocycles. The Morgan fingerprint density at radius 3 is 2.47 bits per heavy atom. The van der Waals surface area contributed by atoms with Gasteiger partial charge in [0.2, 0.25) is 5.91 Å². The van der Waals surface area contributed by atoms with Crippen molar-refractivity contribution in [2.75, 3.05) is 13.1 Å². The molecule has 3 nitrogen and oxygen atoms in total. The summed E-state index contributed by atoms with van der Waals surface area (Å²) in [6, 6.07) is 10.4. The molecule has 0 radical (unpaired) electrons. The summed E-state index contributed by atoms with van der Waals surface area (Å²) in [5.41, 5.74) is 6.75. The summed E-state index contributed by atoms with van der Waals surface area (Å²) < 4.78 is 0. The molecule has 1 rings (SSSR count). The molecule has 0 heterocycles. The minimum Gasteiger partial charge on any atom is -0.356 e. The third kappa shape index (κ3) is 8.38. The van der Waals surface area contributed by atoms with Crippen molar-refractivity contribution in [3.05, 3.63) is 35.9 Å². The van der Waals surface area contributed by atoms with Crippen molar-refractivity contribution in [1.29, 1.82) is 0 Å². The van der Waals surface area contributed by atoms with Crippen LogP contribution in [0.1, 0.15) is 44.1 Å². The number of benzene rings is 1. The maximum absolute atomic E-state index is 11.6. The van der Waals surface area contributed by atoms with Gasteiger partial charge in [0.1, 0.15) is 0 Å². The second kappa shape index (κ2) is 10.6. The molecule has 0 aliphatic carbocycles. The number of hydrogen-bond donors (Lipinski definition) is 2. The highest BCUT2D eigenvalue weighted by molar-refractivity contribution is 5.75. The van der Waals surface area contributed by atoms with Crippen LogP contribution in [0.25, 0.3) is 0 Å². The fourth-order valence-corrected chi connectivity index (χ4v) is 2.04. The van der Waals surface area contributed by atoms with E-state index in [-0.39, 0.29) is 5.91 Å². The van der Waals surface area contributed by atoms with Gasteiger partial charge < -0.3 is 11.1 Å². The molecule has 0 fully saturated rings. The molecule has 19 heavy (non-hydrogen) atoms. The number of aryl methyl sites for hydroxylation is 1. The van der Waals surface area contributed by atoms with Crippen molar-refractivity contribution in [1.82, 2.24) is 5.32 Å². The molecule has 0 aliphatic rings. The van der Waals surface area contributed by atoms with Gasteiger partial charge in [0, 0.05) is 13.0 Å². The van der Waals surface area contributed by atoms with Gasteiger partial charge in [-0.2, -0.15) is 0 Å². The van der Waals surface area contributed by atoms with Crippen molar-refractivity contribution in [2.45, 2.75) is 44.9 Å². The Bertz CT molecular complexity index is 338. The van der Waals surface area contributed by atoms with E-state index in [1.54, 1.807) is 0 Å². The lowest BCUT2D eigenvalue weighted by atomic mass is 10.1. The zero-order valence-corrected chi connectivity index (χ0v) is 11.7. The highest BCUT2D eigenvalue weighted by Crippen LogP contribution is 2.03. The van der Waals surface area contributed by atoms with Crippen LogP contribution in [0.3, 0.4) is 0 Å². The molecule has 3 heteroatoms. The third-order valence-electron chi connectivity index (χ3n) is 3.17. The van der Waals surface area contributed by atoms with E-state index in [0.717, 1.165) is 51.6 Å². The van der Waals surface area contributed by atoms with Crippen LogP contribution >= 0.6 is 0 Å². The molecule has 0 saturated carbocycles. The maximum atomic E-state index is 11.6. The Hall–Kier alpha value is -1.35. The summed E-state index contributed by atoms with van der Waals surface area (Å²) in [5.74, 6) is 0.181. The number of nitrogens with two attached hydrogens (primary N) is 1. The largest absolute Gasteiger partial charge is 0.356 e. The van der Waals surface area contributed by atoms with Crippen LogP contribution in [0.4, 0.5) is 0 Å². The first-order valence-corrected chi connectivity index (χ1v) is 7.33. The van der Waals surface area contributed by atoms with Crippen LogP contribution in [0.2, 0.25) is 0 Å². The van der Waals surface area contributed by atoms with Crippen LogP contribution < -0.4 is 11.1 Å². The molecule has 0 bridgehead atoms. The monoisotopic (exact) mass is 262 g/mol. The molecule has 1 aromatic carbocycles. The van der Waals surface area contributed by atoms with Crippen LogP contribution in [0, 0.1) is 0 Å². The Balaban J connectivity index is 1.95. The topological polar surface area (TPSA) is 55.1 Å². The summed E-state index contributed by atoms with van der Waals surface area (Å²) in [7, 11) is 0. The first kappa shape index (κ1) is 15.7. The first-order valence-electron chi connectivity index (χ1n) is 7.33. The standard InChI is InChI=1S/C16H26N2O/c17-13-7-2-1-6-12-16(19)18-14-8-11-15-9-4-3-5-10-15/h3-5,9-10H,1-2,6-8,11-14,17H2,(H,18,19). The van der Waals surface area contributed by atoms with E-state index in [2.05, 4.69) is 29.6 Å². The number of rotatable bonds is 10. The molecular formula is C16H26N2O. The van der Waals surface area contributed by atoms with Gasteiger partial charge in [0.05, 0.1) is 0 Å². The van der Waals surface area contributed by atoms with Gasteiger partial charge in [-0.15, -0.1) is 0 Å².